The van der Waals surface area contributed by atoms with E-state index in [4.69, 9.17) is 4.98 Å². The van der Waals surface area contributed by atoms with Crippen LogP contribution in [0.3, 0.4) is 0 Å². The van der Waals surface area contributed by atoms with Crippen molar-refractivity contribution >= 4 is 61.6 Å². The lowest BCUT2D eigenvalue weighted by molar-refractivity contribution is -0.123. The molecule has 7 rings (SSSR count). The monoisotopic (exact) mass is 486 g/mol. The number of rotatable bonds is 4. The molecule has 3 aromatic carbocycles. The quantitative estimate of drug-likeness (QED) is 0.196. The lowest BCUT2D eigenvalue weighted by atomic mass is 9.85. The number of thioether (sulfide) groups is 1. The average Bonchev–Trinajstić information content (AvgIpc) is 3.61. The number of amides is 2. The third-order valence-corrected chi connectivity index (χ3v) is 9.60. The van der Waals surface area contributed by atoms with E-state index in [1.54, 1.807) is 29.2 Å². The Kier molecular flexibility index (Phi) is 4.48. The van der Waals surface area contributed by atoms with E-state index in [0.29, 0.717) is 16.8 Å². The molecule has 4 atom stereocenters. The van der Waals surface area contributed by atoms with E-state index in [-0.39, 0.29) is 41.3 Å². The molecule has 4 aromatic rings. The highest BCUT2D eigenvalue weighted by atomic mass is 32.2. The van der Waals surface area contributed by atoms with Gasteiger partial charge in [-0.05, 0) is 53.5 Å². The zero-order valence-corrected chi connectivity index (χ0v) is 19.6. The van der Waals surface area contributed by atoms with Crippen LogP contribution in [0.15, 0.2) is 71.1 Å². The molecule has 34 heavy (non-hydrogen) atoms. The first-order valence-corrected chi connectivity index (χ1v) is 13.1. The van der Waals surface area contributed by atoms with Crippen molar-refractivity contribution in [3.05, 3.63) is 78.1 Å². The summed E-state index contributed by atoms with van der Waals surface area (Å²) in [5.41, 5.74) is 2.55. The van der Waals surface area contributed by atoms with Gasteiger partial charge in [0, 0.05) is 11.1 Å². The van der Waals surface area contributed by atoms with Crippen LogP contribution in [0.4, 0.5) is 10.1 Å². The van der Waals surface area contributed by atoms with Crippen LogP contribution in [0.2, 0.25) is 0 Å². The highest BCUT2D eigenvalue weighted by Crippen LogP contribution is 2.53. The van der Waals surface area contributed by atoms with Crippen LogP contribution in [0.25, 0.3) is 21.0 Å². The van der Waals surface area contributed by atoms with Gasteiger partial charge in [-0.1, -0.05) is 54.2 Å². The lowest BCUT2D eigenvalue weighted by Gasteiger charge is -2.17. The predicted molar refractivity (Wildman–Crippen MR) is 133 cm³/mol. The average molecular weight is 487 g/mol. The molecule has 2 amide bonds. The molecule has 1 aliphatic heterocycles. The summed E-state index contributed by atoms with van der Waals surface area (Å²) in [6.07, 6.45) is 5.15. The van der Waals surface area contributed by atoms with E-state index in [2.05, 4.69) is 12.2 Å². The van der Waals surface area contributed by atoms with Crippen molar-refractivity contribution in [2.24, 2.45) is 23.7 Å². The molecule has 7 heteroatoms. The molecule has 0 radical (unpaired) electrons. The number of carbonyl (C=O) groups is 2. The fraction of sp³-hybridized carbons (Fsp3) is 0.222. The van der Waals surface area contributed by atoms with Gasteiger partial charge in [-0.25, -0.2) is 14.3 Å². The summed E-state index contributed by atoms with van der Waals surface area (Å²) in [5, 5.41) is 1.54. The van der Waals surface area contributed by atoms with Gasteiger partial charge in [-0.2, -0.15) is 0 Å². The molecular weight excluding hydrogens is 467 g/mol. The summed E-state index contributed by atoms with van der Waals surface area (Å²) in [5.74, 6) is 0.351. The van der Waals surface area contributed by atoms with Gasteiger partial charge in [-0.3, -0.25) is 9.59 Å². The second kappa shape index (κ2) is 7.48. The fourth-order valence-corrected chi connectivity index (χ4v) is 7.95. The van der Waals surface area contributed by atoms with Gasteiger partial charge in [0.15, 0.2) is 4.34 Å². The van der Waals surface area contributed by atoms with Crippen LogP contribution in [0.5, 0.6) is 0 Å². The Morgan fingerprint density at radius 1 is 0.971 bits per heavy atom. The minimum atomic E-state index is -0.212. The smallest absolute Gasteiger partial charge is 0.238 e. The lowest BCUT2D eigenvalue weighted by Crippen LogP contribution is -2.32. The highest BCUT2D eigenvalue weighted by Gasteiger charge is 2.59. The molecule has 168 valence electrons. The van der Waals surface area contributed by atoms with E-state index in [1.807, 2.05) is 42.5 Å². The number of thiazole rings is 1. The van der Waals surface area contributed by atoms with E-state index < -0.39 is 0 Å². The minimum Gasteiger partial charge on any atom is -0.274 e. The van der Waals surface area contributed by atoms with Crippen molar-refractivity contribution in [3.63, 3.8) is 0 Å². The summed E-state index contributed by atoms with van der Waals surface area (Å²) in [6, 6.07) is 16.5. The molecule has 1 saturated heterocycles. The van der Waals surface area contributed by atoms with Gasteiger partial charge in [-0.15, -0.1) is 11.3 Å². The minimum absolute atomic E-state index is 0.0616. The second-order valence-corrected chi connectivity index (χ2v) is 11.4. The number of imide groups is 1. The highest BCUT2D eigenvalue weighted by molar-refractivity contribution is 8.00. The van der Waals surface area contributed by atoms with Gasteiger partial charge in [0.1, 0.15) is 5.82 Å². The van der Waals surface area contributed by atoms with Crippen LogP contribution in [-0.4, -0.2) is 16.8 Å². The Bertz CT molecular complexity index is 1510. The Morgan fingerprint density at radius 2 is 1.71 bits per heavy atom. The van der Waals surface area contributed by atoms with E-state index in [0.717, 1.165) is 31.9 Å². The Labute approximate surface area is 203 Å². The number of carbonyl (C=O) groups excluding carboxylic acids is 2. The molecule has 2 fully saturated rings. The zero-order chi connectivity index (χ0) is 23.0. The van der Waals surface area contributed by atoms with Crippen LogP contribution in [-0.2, 0) is 15.3 Å². The van der Waals surface area contributed by atoms with E-state index >= 15 is 0 Å². The number of anilines is 1. The summed E-state index contributed by atoms with van der Waals surface area (Å²) in [7, 11) is 0. The number of halogens is 1. The van der Waals surface area contributed by atoms with Gasteiger partial charge in [0.05, 0.1) is 27.7 Å². The molecular formula is C27H19FN2O2S2. The zero-order valence-electron chi connectivity index (χ0n) is 18.0. The van der Waals surface area contributed by atoms with Crippen LogP contribution in [0.1, 0.15) is 12.0 Å². The van der Waals surface area contributed by atoms with Crippen LogP contribution in [0, 0.1) is 29.5 Å². The number of fused-ring (bicyclic) bond motifs is 7. The van der Waals surface area contributed by atoms with Gasteiger partial charge < -0.3 is 0 Å². The molecule has 1 saturated carbocycles. The topological polar surface area (TPSA) is 50.3 Å². The summed E-state index contributed by atoms with van der Waals surface area (Å²) < 4.78 is 16.0. The third kappa shape index (κ3) is 2.93. The normalized spacial score (nSPS) is 25.3. The van der Waals surface area contributed by atoms with E-state index in [9.17, 15) is 14.0 Å². The summed E-state index contributed by atoms with van der Waals surface area (Å²) >= 11 is 3.16. The molecule has 3 aliphatic rings. The summed E-state index contributed by atoms with van der Waals surface area (Å²) in [6.45, 7) is 0. The molecule has 2 bridgehead atoms. The number of benzene rings is 3. The number of aromatic nitrogens is 1. The van der Waals surface area contributed by atoms with Crippen molar-refractivity contribution < 1.29 is 14.0 Å². The van der Waals surface area contributed by atoms with Crippen molar-refractivity contribution in [1.82, 2.24) is 4.98 Å². The first-order chi connectivity index (χ1) is 16.6. The first kappa shape index (κ1) is 20.4. The Morgan fingerprint density at radius 3 is 2.47 bits per heavy atom. The largest absolute Gasteiger partial charge is 0.274 e. The molecule has 0 spiro atoms. The first-order valence-electron chi connectivity index (χ1n) is 11.3. The number of allylic oxidation sites excluding steroid dienone is 2. The molecule has 1 aromatic heterocycles. The number of hydrogen-bond acceptors (Lipinski definition) is 5. The standard InChI is InChI=1S/C27H19FN2O2S2/c28-20-9-7-16(18-3-1-2-4-19(18)20)13-33-27-29-21-10-8-17(12-22(21)34-27)30-25(31)23-14-5-6-15(11-14)24(23)26(30)32/h1-10,12,14-15,23-24H,11,13H2/t14-,15-,23-,24+/m0/s1. The molecule has 2 heterocycles. The predicted octanol–water partition coefficient (Wildman–Crippen LogP) is 6.19. The SMILES string of the molecule is O=C1[C@@H]2[C@H](C(=O)N1c1ccc3nc(SCc4ccc(F)c5ccccc45)sc3c1)[C@H]1C=C[C@H]2C1. The van der Waals surface area contributed by atoms with E-state index in [1.165, 1.54) is 11.0 Å². The van der Waals surface area contributed by atoms with Gasteiger partial charge >= 0.3 is 0 Å². The molecule has 2 aliphatic carbocycles. The Hall–Kier alpha value is -3.03. The van der Waals surface area contributed by atoms with Crippen LogP contribution >= 0.6 is 23.1 Å². The van der Waals surface area contributed by atoms with Crippen molar-refractivity contribution in [2.75, 3.05) is 4.90 Å². The maximum Gasteiger partial charge on any atom is 0.238 e. The summed E-state index contributed by atoms with van der Waals surface area (Å²) in [4.78, 5) is 32.4. The third-order valence-electron chi connectivity index (χ3n) is 7.39. The van der Waals surface area contributed by atoms with Crippen molar-refractivity contribution in [1.29, 1.82) is 0 Å². The van der Waals surface area contributed by atoms with Crippen LogP contribution < -0.4 is 4.90 Å². The molecule has 0 unspecified atom stereocenters. The van der Waals surface area contributed by atoms with Gasteiger partial charge in [0.25, 0.3) is 0 Å². The molecule has 0 N–H and O–H groups in total. The second-order valence-electron chi connectivity index (χ2n) is 9.18. The maximum absolute atomic E-state index is 14.1. The van der Waals surface area contributed by atoms with Gasteiger partial charge in [0.2, 0.25) is 11.8 Å². The fourth-order valence-electron chi connectivity index (χ4n) is 5.84. The molecule has 4 nitrogen and oxygen atoms in total. The number of nitrogens with zero attached hydrogens (tertiary/aromatic N) is 2. The van der Waals surface area contributed by atoms with Crippen molar-refractivity contribution in [3.8, 4) is 0 Å². The Balaban J connectivity index is 1.15. The maximum atomic E-state index is 14.1. The van der Waals surface area contributed by atoms with Crippen molar-refractivity contribution in [2.45, 2.75) is 16.5 Å². The number of hydrogen-bond donors (Lipinski definition) is 0.